The van der Waals surface area contributed by atoms with Crippen molar-refractivity contribution < 1.29 is 0 Å². The molecule has 1 rings (SSSR count). The standard InChI is InChI=1S/C11H11BrN2/c1-2-3-6-14-11-7-10(12)5-4-9(11)8-13/h2-5,7,14H,6H2,1H3/b3-2+. The van der Waals surface area contributed by atoms with Gasteiger partial charge in [0.2, 0.25) is 0 Å². The van der Waals surface area contributed by atoms with Gasteiger partial charge in [0, 0.05) is 11.0 Å². The van der Waals surface area contributed by atoms with Gasteiger partial charge in [-0.3, -0.25) is 0 Å². The molecule has 0 saturated carbocycles. The molecule has 72 valence electrons. The lowest BCUT2D eigenvalue weighted by atomic mass is 10.2. The summed E-state index contributed by atoms with van der Waals surface area (Å²) in [6.45, 7) is 2.70. The third-order valence-electron chi connectivity index (χ3n) is 1.75. The van der Waals surface area contributed by atoms with E-state index in [-0.39, 0.29) is 0 Å². The minimum atomic E-state index is 0.665. The summed E-state index contributed by atoms with van der Waals surface area (Å²) < 4.78 is 0.972. The molecule has 0 aliphatic carbocycles. The Morgan fingerprint density at radius 2 is 2.36 bits per heavy atom. The molecule has 0 bridgehead atoms. The molecule has 2 nitrogen and oxygen atoms in total. The van der Waals surface area contributed by atoms with Crippen LogP contribution >= 0.6 is 15.9 Å². The van der Waals surface area contributed by atoms with E-state index in [2.05, 4.69) is 27.3 Å². The summed E-state index contributed by atoms with van der Waals surface area (Å²) in [7, 11) is 0. The third kappa shape index (κ3) is 2.90. The van der Waals surface area contributed by atoms with Gasteiger partial charge in [-0.15, -0.1) is 0 Å². The molecule has 0 aliphatic heterocycles. The topological polar surface area (TPSA) is 35.8 Å². The van der Waals surface area contributed by atoms with Gasteiger partial charge in [0.25, 0.3) is 0 Å². The quantitative estimate of drug-likeness (QED) is 0.836. The third-order valence-corrected chi connectivity index (χ3v) is 2.24. The van der Waals surface area contributed by atoms with E-state index >= 15 is 0 Å². The van der Waals surface area contributed by atoms with E-state index in [1.807, 2.05) is 31.2 Å². The fourth-order valence-electron chi connectivity index (χ4n) is 1.05. The Balaban J connectivity index is 2.83. The minimum Gasteiger partial charge on any atom is -0.380 e. The highest BCUT2D eigenvalue weighted by atomic mass is 79.9. The number of halogens is 1. The zero-order valence-electron chi connectivity index (χ0n) is 7.92. The smallest absolute Gasteiger partial charge is 0.101 e. The number of anilines is 1. The van der Waals surface area contributed by atoms with Crippen LogP contribution in [0.2, 0.25) is 0 Å². The first-order chi connectivity index (χ1) is 6.77. The van der Waals surface area contributed by atoms with Gasteiger partial charge in [-0.25, -0.2) is 0 Å². The maximum Gasteiger partial charge on any atom is 0.101 e. The molecule has 0 heterocycles. The average molecular weight is 251 g/mol. The molecule has 3 heteroatoms. The van der Waals surface area contributed by atoms with Crippen molar-refractivity contribution >= 4 is 21.6 Å². The molecule has 0 aliphatic rings. The molecule has 1 aromatic rings. The first kappa shape index (κ1) is 10.8. The fraction of sp³-hybridized carbons (Fsp3) is 0.182. The van der Waals surface area contributed by atoms with E-state index in [1.165, 1.54) is 0 Å². The van der Waals surface area contributed by atoms with Crippen LogP contribution in [0.25, 0.3) is 0 Å². The van der Waals surface area contributed by atoms with Gasteiger partial charge in [0.1, 0.15) is 6.07 Å². The molecule has 0 unspecified atom stereocenters. The van der Waals surface area contributed by atoms with Crippen molar-refractivity contribution in [1.82, 2.24) is 0 Å². The van der Waals surface area contributed by atoms with Crippen molar-refractivity contribution in [2.24, 2.45) is 0 Å². The Labute approximate surface area is 92.4 Å². The summed E-state index contributed by atoms with van der Waals surface area (Å²) >= 11 is 3.37. The minimum absolute atomic E-state index is 0.665. The molecule has 0 saturated heterocycles. The van der Waals surface area contributed by atoms with Gasteiger partial charge >= 0.3 is 0 Å². The summed E-state index contributed by atoms with van der Waals surface area (Å²) in [6, 6.07) is 7.70. The summed E-state index contributed by atoms with van der Waals surface area (Å²) in [5, 5.41) is 12.0. The zero-order chi connectivity index (χ0) is 10.4. The van der Waals surface area contributed by atoms with Gasteiger partial charge in [0.05, 0.1) is 11.3 Å². The molecular formula is C11H11BrN2. The Morgan fingerprint density at radius 1 is 1.57 bits per heavy atom. The van der Waals surface area contributed by atoms with Crippen LogP contribution in [0.1, 0.15) is 12.5 Å². The monoisotopic (exact) mass is 250 g/mol. The Hall–Kier alpha value is -1.27. The van der Waals surface area contributed by atoms with Crippen molar-refractivity contribution in [3.05, 3.63) is 40.4 Å². The first-order valence-corrected chi connectivity index (χ1v) is 5.12. The highest BCUT2D eigenvalue weighted by Crippen LogP contribution is 2.20. The molecule has 0 radical (unpaired) electrons. The molecule has 1 N–H and O–H groups in total. The van der Waals surface area contributed by atoms with E-state index in [4.69, 9.17) is 5.26 Å². The van der Waals surface area contributed by atoms with E-state index in [9.17, 15) is 0 Å². The van der Waals surface area contributed by atoms with Gasteiger partial charge < -0.3 is 5.32 Å². The van der Waals surface area contributed by atoms with Crippen molar-refractivity contribution in [1.29, 1.82) is 5.26 Å². The molecule has 1 aromatic carbocycles. The van der Waals surface area contributed by atoms with Crippen molar-refractivity contribution in [3.63, 3.8) is 0 Å². The molecule has 0 spiro atoms. The largest absolute Gasteiger partial charge is 0.380 e. The van der Waals surface area contributed by atoms with Crippen molar-refractivity contribution in [2.75, 3.05) is 11.9 Å². The lowest BCUT2D eigenvalue weighted by molar-refractivity contribution is 1.31. The Bertz CT molecular complexity index is 377. The van der Waals surface area contributed by atoms with Crippen LogP contribution in [0.15, 0.2) is 34.8 Å². The van der Waals surface area contributed by atoms with Gasteiger partial charge in [-0.1, -0.05) is 28.1 Å². The van der Waals surface area contributed by atoms with Crippen LogP contribution < -0.4 is 5.32 Å². The number of nitrogens with one attached hydrogen (secondary N) is 1. The van der Waals surface area contributed by atoms with Gasteiger partial charge in [0.15, 0.2) is 0 Å². The second-order valence-electron chi connectivity index (χ2n) is 2.75. The Morgan fingerprint density at radius 3 is 3.00 bits per heavy atom. The normalized spacial score (nSPS) is 10.1. The summed E-state index contributed by atoms with van der Waals surface area (Å²) in [6.07, 6.45) is 3.97. The molecule has 14 heavy (non-hydrogen) atoms. The number of nitrogens with zero attached hydrogens (tertiary/aromatic N) is 1. The second-order valence-corrected chi connectivity index (χ2v) is 3.67. The lowest BCUT2D eigenvalue weighted by Crippen LogP contribution is -2.00. The molecule has 0 fully saturated rings. The van der Waals surface area contributed by atoms with E-state index in [0.29, 0.717) is 5.56 Å². The van der Waals surface area contributed by atoms with Crippen LogP contribution in [0.5, 0.6) is 0 Å². The molecular weight excluding hydrogens is 240 g/mol. The number of hydrogen-bond donors (Lipinski definition) is 1. The Kier molecular flexibility index (Phi) is 4.21. The SMILES string of the molecule is C/C=C/CNc1cc(Br)ccc1C#N. The molecule has 0 aromatic heterocycles. The first-order valence-electron chi connectivity index (χ1n) is 4.32. The lowest BCUT2D eigenvalue weighted by Gasteiger charge is -2.05. The van der Waals surface area contributed by atoms with Gasteiger partial charge in [-0.05, 0) is 25.1 Å². The zero-order valence-corrected chi connectivity index (χ0v) is 9.51. The highest BCUT2D eigenvalue weighted by Gasteiger charge is 2.00. The second kappa shape index (κ2) is 5.46. The predicted molar refractivity (Wildman–Crippen MR) is 62.2 cm³/mol. The van der Waals surface area contributed by atoms with Crippen LogP contribution in [0.3, 0.4) is 0 Å². The van der Waals surface area contributed by atoms with E-state index < -0.39 is 0 Å². The van der Waals surface area contributed by atoms with Crippen LogP contribution in [0, 0.1) is 11.3 Å². The highest BCUT2D eigenvalue weighted by molar-refractivity contribution is 9.10. The predicted octanol–water partition coefficient (Wildman–Crippen LogP) is 3.31. The van der Waals surface area contributed by atoms with Crippen molar-refractivity contribution in [2.45, 2.75) is 6.92 Å². The van der Waals surface area contributed by atoms with Crippen LogP contribution in [-0.4, -0.2) is 6.54 Å². The summed E-state index contributed by atoms with van der Waals surface area (Å²) in [5.74, 6) is 0. The number of nitriles is 1. The van der Waals surface area contributed by atoms with E-state index in [1.54, 1.807) is 6.07 Å². The average Bonchev–Trinajstić information content (AvgIpc) is 2.19. The summed E-state index contributed by atoms with van der Waals surface area (Å²) in [5.41, 5.74) is 1.53. The van der Waals surface area contributed by atoms with Crippen molar-refractivity contribution in [3.8, 4) is 6.07 Å². The van der Waals surface area contributed by atoms with Gasteiger partial charge in [-0.2, -0.15) is 5.26 Å². The number of hydrogen-bond acceptors (Lipinski definition) is 2. The number of rotatable bonds is 3. The maximum absolute atomic E-state index is 8.84. The molecule has 0 atom stereocenters. The maximum atomic E-state index is 8.84. The number of allylic oxidation sites excluding steroid dienone is 1. The van der Waals surface area contributed by atoms with Crippen LogP contribution in [-0.2, 0) is 0 Å². The summed E-state index contributed by atoms with van der Waals surface area (Å²) in [4.78, 5) is 0. The van der Waals surface area contributed by atoms with E-state index in [0.717, 1.165) is 16.7 Å². The molecule has 0 amide bonds. The fourth-order valence-corrected chi connectivity index (χ4v) is 1.41. The number of benzene rings is 1. The van der Waals surface area contributed by atoms with Crippen LogP contribution in [0.4, 0.5) is 5.69 Å².